The van der Waals surface area contributed by atoms with Crippen molar-refractivity contribution in [1.29, 1.82) is 0 Å². The molecule has 0 saturated heterocycles. The Bertz CT molecular complexity index is 762. The lowest BCUT2D eigenvalue weighted by molar-refractivity contribution is 1.84. The second kappa shape index (κ2) is 4.22. The third-order valence-corrected chi connectivity index (χ3v) is 4.60. The Labute approximate surface area is 116 Å². The molecular weight excluding hydrogens is 248 g/mol. The van der Waals surface area contributed by atoms with E-state index >= 15 is 0 Å². The number of benzene rings is 1. The van der Waals surface area contributed by atoms with Gasteiger partial charge in [0.1, 0.15) is 0 Å². The smallest absolute Gasteiger partial charge is 0.0355 e. The van der Waals surface area contributed by atoms with Crippen LogP contribution < -0.4 is 0 Å². The normalized spacial score (nSPS) is 11.2. The third kappa shape index (κ3) is 1.83. The summed E-state index contributed by atoms with van der Waals surface area (Å²) in [4.78, 5) is 1.35. The van der Waals surface area contributed by atoms with Crippen molar-refractivity contribution in [3.63, 3.8) is 0 Å². The van der Waals surface area contributed by atoms with E-state index in [-0.39, 0.29) is 0 Å². The van der Waals surface area contributed by atoms with Crippen LogP contribution in [-0.4, -0.2) is 0 Å². The van der Waals surface area contributed by atoms with Crippen LogP contribution in [0.3, 0.4) is 0 Å². The molecule has 0 N–H and O–H groups in total. The molecule has 90 valence electrons. The molecule has 19 heavy (non-hydrogen) atoms. The molecule has 1 aromatic carbocycles. The summed E-state index contributed by atoms with van der Waals surface area (Å²) in [6.07, 6.45) is 0. The average Bonchev–Trinajstić information content (AvgIpc) is 2.97. The number of thiophene rings is 1. The van der Waals surface area contributed by atoms with Crippen molar-refractivity contribution in [1.82, 2.24) is 0 Å². The van der Waals surface area contributed by atoms with Gasteiger partial charge in [0.25, 0.3) is 0 Å². The molecule has 0 saturated carbocycles. The molecule has 1 heterocycles. The van der Waals surface area contributed by atoms with Crippen molar-refractivity contribution in [2.45, 2.75) is 0 Å². The zero-order valence-electron chi connectivity index (χ0n) is 10.3. The molecule has 0 nitrogen and oxygen atoms in total. The second-order valence-corrected chi connectivity index (χ2v) is 5.80. The first-order chi connectivity index (χ1) is 9.40. The van der Waals surface area contributed by atoms with Gasteiger partial charge in [-0.05, 0) is 46.3 Å². The lowest BCUT2D eigenvalue weighted by Gasteiger charge is -1.87. The van der Waals surface area contributed by atoms with Gasteiger partial charge in [-0.15, -0.1) is 11.3 Å². The molecule has 2 aliphatic rings. The summed E-state index contributed by atoms with van der Waals surface area (Å²) in [6, 6.07) is 26.0. The van der Waals surface area contributed by atoms with Crippen LogP contribution >= 0.6 is 11.3 Å². The Morgan fingerprint density at radius 3 is 2.00 bits per heavy atom. The minimum Gasteiger partial charge on any atom is -0.135 e. The fourth-order valence-corrected chi connectivity index (χ4v) is 3.53. The quantitative estimate of drug-likeness (QED) is 0.413. The first kappa shape index (κ1) is 10.8. The molecule has 0 fully saturated rings. The van der Waals surface area contributed by atoms with Crippen molar-refractivity contribution in [2.75, 3.05) is 0 Å². The summed E-state index contributed by atoms with van der Waals surface area (Å²) in [6.45, 7) is 0. The van der Waals surface area contributed by atoms with E-state index in [1.807, 2.05) is 11.3 Å². The first-order valence-electron chi connectivity index (χ1n) is 6.38. The van der Waals surface area contributed by atoms with Crippen LogP contribution in [0.2, 0.25) is 0 Å². The van der Waals surface area contributed by atoms with Crippen LogP contribution in [-0.2, 0) is 0 Å². The van der Waals surface area contributed by atoms with Gasteiger partial charge in [-0.2, -0.15) is 0 Å². The Kier molecular flexibility index (Phi) is 2.39. The summed E-state index contributed by atoms with van der Waals surface area (Å²) in [5.41, 5.74) is 3.93. The molecule has 1 heteroatoms. The Morgan fingerprint density at radius 2 is 1.26 bits per heavy atom. The minimum atomic E-state index is 1.30. The highest BCUT2D eigenvalue weighted by atomic mass is 32.1. The van der Waals surface area contributed by atoms with E-state index in [1.165, 1.54) is 31.7 Å². The van der Waals surface area contributed by atoms with Gasteiger partial charge in [0, 0.05) is 9.58 Å². The number of rotatable bonds is 1. The Morgan fingerprint density at radius 1 is 0.579 bits per heavy atom. The Hall–Kier alpha value is -2.12. The monoisotopic (exact) mass is 260 g/mol. The number of hydrogen-bond acceptors (Lipinski definition) is 1. The van der Waals surface area contributed by atoms with Gasteiger partial charge in [-0.25, -0.2) is 0 Å². The van der Waals surface area contributed by atoms with Gasteiger partial charge in [0.2, 0.25) is 0 Å². The summed E-state index contributed by atoms with van der Waals surface area (Å²) in [5.74, 6) is 0. The van der Waals surface area contributed by atoms with Crippen LogP contribution in [0.25, 0.3) is 31.7 Å². The van der Waals surface area contributed by atoms with Gasteiger partial charge in [-0.3, -0.25) is 0 Å². The molecule has 0 aliphatic heterocycles. The van der Waals surface area contributed by atoms with Crippen molar-refractivity contribution in [3.8, 4) is 21.6 Å². The number of hydrogen-bond donors (Lipinski definition) is 0. The Balaban J connectivity index is 1.92. The maximum absolute atomic E-state index is 2.29. The van der Waals surface area contributed by atoms with E-state index in [9.17, 15) is 0 Å². The third-order valence-electron chi connectivity index (χ3n) is 3.44. The van der Waals surface area contributed by atoms with Gasteiger partial charge in [0.15, 0.2) is 0 Å². The van der Waals surface area contributed by atoms with Crippen molar-refractivity contribution < 1.29 is 0 Å². The average molecular weight is 260 g/mol. The van der Waals surface area contributed by atoms with Crippen molar-refractivity contribution >= 4 is 21.4 Å². The minimum absolute atomic E-state index is 1.30. The van der Waals surface area contributed by atoms with E-state index in [2.05, 4.69) is 72.8 Å². The highest BCUT2D eigenvalue weighted by Gasteiger charge is 2.09. The molecule has 0 atom stereocenters. The molecule has 4 rings (SSSR count). The van der Waals surface area contributed by atoms with Crippen molar-refractivity contribution in [3.05, 3.63) is 72.8 Å². The molecule has 0 radical (unpaired) electrons. The second-order valence-electron chi connectivity index (χ2n) is 4.71. The summed E-state index contributed by atoms with van der Waals surface area (Å²) >= 11 is 1.86. The molecule has 1 aromatic heterocycles. The van der Waals surface area contributed by atoms with Crippen LogP contribution in [0.5, 0.6) is 0 Å². The molecule has 0 amide bonds. The standard InChI is InChI=1S/C18H12S/c1-2-6-13-10-16(11-14(13)7-3-1)18-12-15-8-4-5-9-17(15)19-18/h1-12H. The molecule has 0 bridgehead atoms. The van der Waals surface area contributed by atoms with Crippen LogP contribution in [0, 0.1) is 0 Å². The lowest BCUT2D eigenvalue weighted by atomic mass is 10.2. The highest BCUT2D eigenvalue weighted by Crippen LogP contribution is 2.37. The van der Waals surface area contributed by atoms with Crippen molar-refractivity contribution in [2.24, 2.45) is 0 Å². The molecule has 2 aromatic rings. The topological polar surface area (TPSA) is 0 Å². The van der Waals surface area contributed by atoms with Gasteiger partial charge >= 0.3 is 0 Å². The first-order valence-corrected chi connectivity index (χ1v) is 7.19. The molecule has 2 aliphatic carbocycles. The fourth-order valence-electron chi connectivity index (χ4n) is 2.48. The van der Waals surface area contributed by atoms with Crippen LogP contribution in [0.15, 0.2) is 72.8 Å². The largest absolute Gasteiger partial charge is 0.135 e. The SMILES string of the molecule is c1ccc2cc(-c3cc4ccccc4s3)cc-2cc1. The van der Waals surface area contributed by atoms with E-state index in [0.29, 0.717) is 0 Å². The molecule has 0 unspecified atom stereocenters. The summed E-state index contributed by atoms with van der Waals surface area (Å²) in [7, 11) is 0. The number of fused-ring (bicyclic) bond motifs is 2. The maximum atomic E-state index is 2.29. The van der Waals surface area contributed by atoms with E-state index < -0.39 is 0 Å². The molecular formula is C18H12S. The van der Waals surface area contributed by atoms with E-state index in [4.69, 9.17) is 0 Å². The predicted octanol–water partition coefficient (Wildman–Crippen LogP) is 5.67. The van der Waals surface area contributed by atoms with Crippen LogP contribution in [0.4, 0.5) is 0 Å². The van der Waals surface area contributed by atoms with Gasteiger partial charge in [0.05, 0.1) is 0 Å². The summed E-state index contributed by atoms with van der Waals surface area (Å²) < 4.78 is 1.35. The molecule has 0 spiro atoms. The van der Waals surface area contributed by atoms with Crippen LogP contribution in [0.1, 0.15) is 0 Å². The van der Waals surface area contributed by atoms with Gasteiger partial charge in [-0.1, -0.05) is 48.5 Å². The zero-order valence-corrected chi connectivity index (χ0v) is 11.2. The highest BCUT2D eigenvalue weighted by molar-refractivity contribution is 7.22. The van der Waals surface area contributed by atoms with E-state index in [0.717, 1.165) is 0 Å². The summed E-state index contributed by atoms with van der Waals surface area (Å²) in [5, 5.41) is 1.33. The van der Waals surface area contributed by atoms with E-state index in [1.54, 1.807) is 0 Å². The zero-order chi connectivity index (χ0) is 12.7. The predicted molar refractivity (Wildman–Crippen MR) is 83.9 cm³/mol. The maximum Gasteiger partial charge on any atom is 0.0355 e. The lowest BCUT2D eigenvalue weighted by Crippen LogP contribution is -1.60. The van der Waals surface area contributed by atoms with Gasteiger partial charge < -0.3 is 0 Å². The fraction of sp³-hybridized carbons (Fsp3) is 0.